The number of phenolic OH excluding ortho intramolecular Hbond substituents is 1. The Labute approximate surface area is 82.7 Å². The first-order chi connectivity index (χ1) is 6.54. The van der Waals surface area contributed by atoms with Crippen molar-refractivity contribution >= 4 is 5.91 Å². The number of rotatable bonds is 2. The van der Waals surface area contributed by atoms with E-state index >= 15 is 0 Å². The number of hydrogen-bond donors (Lipinski definition) is 3. The average Bonchev–Trinajstić information content (AvgIpc) is 2.14. The lowest BCUT2D eigenvalue weighted by atomic mass is 10.0. The zero-order valence-corrected chi connectivity index (χ0v) is 8.29. The molecule has 0 aliphatic carbocycles. The molecule has 1 aromatic carbocycles. The van der Waals surface area contributed by atoms with Crippen molar-refractivity contribution in [2.75, 3.05) is 0 Å². The number of phenols is 1. The summed E-state index contributed by atoms with van der Waals surface area (Å²) in [4.78, 5) is 11.0. The molecule has 4 nitrogen and oxygen atoms in total. The van der Waals surface area contributed by atoms with Gasteiger partial charge in [-0.3, -0.25) is 10.2 Å². The Kier molecular flexibility index (Phi) is 3.09. The van der Waals surface area contributed by atoms with Crippen LogP contribution in [0.1, 0.15) is 16.7 Å². The highest BCUT2D eigenvalue weighted by molar-refractivity contribution is 5.78. The van der Waals surface area contributed by atoms with Crippen molar-refractivity contribution in [3.8, 4) is 5.75 Å². The summed E-state index contributed by atoms with van der Waals surface area (Å²) < 4.78 is 0. The number of aromatic hydroxyl groups is 1. The molecule has 14 heavy (non-hydrogen) atoms. The number of benzene rings is 1. The normalized spacial score (nSPS) is 9.93. The minimum Gasteiger partial charge on any atom is -0.507 e. The van der Waals surface area contributed by atoms with E-state index in [1.807, 2.05) is 0 Å². The molecule has 0 atom stereocenters. The highest BCUT2D eigenvalue weighted by atomic mass is 16.3. The number of carbonyl (C=O) groups excluding carboxylic acids is 1. The Hall–Kier alpha value is -1.55. The first-order valence-electron chi connectivity index (χ1n) is 4.33. The van der Waals surface area contributed by atoms with E-state index in [2.05, 4.69) is 5.43 Å². The zero-order valence-electron chi connectivity index (χ0n) is 8.29. The first-order valence-corrected chi connectivity index (χ1v) is 4.33. The predicted octanol–water partition coefficient (Wildman–Crippen LogP) is 0.541. The van der Waals surface area contributed by atoms with Crippen LogP contribution in [0.4, 0.5) is 0 Å². The summed E-state index contributed by atoms with van der Waals surface area (Å²) in [5, 5.41) is 9.50. The number of carbonyl (C=O) groups is 1. The summed E-state index contributed by atoms with van der Waals surface area (Å²) in [7, 11) is 0. The third-order valence-corrected chi connectivity index (χ3v) is 2.08. The Morgan fingerprint density at radius 2 is 1.93 bits per heavy atom. The van der Waals surface area contributed by atoms with Gasteiger partial charge in [-0.15, -0.1) is 0 Å². The summed E-state index contributed by atoms with van der Waals surface area (Å²) in [5.74, 6) is 5.02. The Bertz CT molecular complexity index is 338. The second-order valence-electron chi connectivity index (χ2n) is 3.32. The van der Waals surface area contributed by atoms with Crippen LogP contribution < -0.4 is 11.3 Å². The quantitative estimate of drug-likeness (QED) is 0.365. The molecule has 0 unspecified atom stereocenters. The zero-order chi connectivity index (χ0) is 10.7. The molecule has 0 aliphatic heterocycles. The van der Waals surface area contributed by atoms with Crippen molar-refractivity contribution in [2.24, 2.45) is 5.84 Å². The fourth-order valence-electron chi connectivity index (χ4n) is 1.38. The second-order valence-corrected chi connectivity index (χ2v) is 3.32. The van der Waals surface area contributed by atoms with Gasteiger partial charge < -0.3 is 5.11 Å². The van der Waals surface area contributed by atoms with Gasteiger partial charge in [0.1, 0.15) is 5.75 Å². The summed E-state index contributed by atoms with van der Waals surface area (Å²) in [5.41, 5.74) is 4.45. The van der Waals surface area contributed by atoms with E-state index in [1.54, 1.807) is 26.0 Å². The van der Waals surface area contributed by atoms with Gasteiger partial charge >= 0.3 is 0 Å². The highest BCUT2D eigenvalue weighted by Gasteiger charge is 2.06. The molecule has 1 amide bonds. The average molecular weight is 194 g/mol. The van der Waals surface area contributed by atoms with Crippen LogP contribution in [-0.4, -0.2) is 11.0 Å². The summed E-state index contributed by atoms with van der Waals surface area (Å²) >= 11 is 0. The van der Waals surface area contributed by atoms with Crippen LogP contribution in [0, 0.1) is 13.8 Å². The fourth-order valence-corrected chi connectivity index (χ4v) is 1.38. The largest absolute Gasteiger partial charge is 0.507 e. The van der Waals surface area contributed by atoms with Crippen LogP contribution >= 0.6 is 0 Å². The molecule has 0 saturated carbocycles. The molecule has 1 rings (SSSR count). The molecule has 76 valence electrons. The number of nitrogens with two attached hydrogens (primary N) is 1. The molecule has 0 radical (unpaired) electrons. The van der Waals surface area contributed by atoms with Crippen molar-refractivity contribution in [1.29, 1.82) is 0 Å². The minimum atomic E-state index is -0.241. The molecule has 0 saturated heterocycles. The number of aryl methyl sites for hydroxylation is 2. The maximum atomic E-state index is 11.0. The Morgan fingerprint density at radius 3 is 2.36 bits per heavy atom. The number of hydrazine groups is 1. The van der Waals surface area contributed by atoms with E-state index in [1.165, 1.54) is 0 Å². The Balaban J connectivity index is 2.95. The summed E-state index contributed by atoms with van der Waals surface area (Å²) in [6.45, 7) is 3.60. The molecular weight excluding hydrogens is 180 g/mol. The predicted molar refractivity (Wildman–Crippen MR) is 53.6 cm³/mol. The van der Waals surface area contributed by atoms with Crippen molar-refractivity contribution in [1.82, 2.24) is 5.43 Å². The third kappa shape index (κ3) is 2.23. The van der Waals surface area contributed by atoms with Crippen molar-refractivity contribution in [3.63, 3.8) is 0 Å². The lowest BCUT2D eigenvalue weighted by Gasteiger charge is -2.06. The molecule has 0 aliphatic rings. The summed E-state index contributed by atoms with van der Waals surface area (Å²) in [6.07, 6.45) is 0.235. The molecule has 0 fully saturated rings. The molecule has 1 aromatic rings. The van der Waals surface area contributed by atoms with E-state index in [4.69, 9.17) is 5.84 Å². The van der Waals surface area contributed by atoms with Crippen LogP contribution in [0.15, 0.2) is 12.1 Å². The van der Waals surface area contributed by atoms with Crippen molar-refractivity contribution in [3.05, 3.63) is 28.8 Å². The van der Waals surface area contributed by atoms with Crippen LogP contribution in [0.3, 0.4) is 0 Å². The topological polar surface area (TPSA) is 75.4 Å². The molecule has 4 heteroatoms. The van der Waals surface area contributed by atoms with E-state index in [-0.39, 0.29) is 18.1 Å². The SMILES string of the molecule is Cc1cc(CC(=O)NN)cc(C)c1O. The molecule has 0 bridgehead atoms. The lowest BCUT2D eigenvalue weighted by molar-refractivity contribution is -0.120. The van der Waals surface area contributed by atoms with Crippen LogP contribution in [0.25, 0.3) is 0 Å². The van der Waals surface area contributed by atoms with Gasteiger partial charge in [0.2, 0.25) is 5.91 Å². The van der Waals surface area contributed by atoms with Crippen molar-refractivity contribution < 1.29 is 9.90 Å². The number of nitrogens with one attached hydrogen (secondary N) is 1. The number of amides is 1. The van der Waals surface area contributed by atoms with Gasteiger partial charge in [-0.1, -0.05) is 12.1 Å². The van der Waals surface area contributed by atoms with Crippen LogP contribution in [0.5, 0.6) is 5.75 Å². The molecular formula is C10H14N2O2. The molecule has 4 N–H and O–H groups in total. The number of hydrogen-bond acceptors (Lipinski definition) is 3. The third-order valence-electron chi connectivity index (χ3n) is 2.08. The van der Waals surface area contributed by atoms with E-state index in [0.29, 0.717) is 0 Å². The Morgan fingerprint density at radius 1 is 1.43 bits per heavy atom. The van der Waals surface area contributed by atoms with Gasteiger partial charge in [-0.2, -0.15) is 0 Å². The summed E-state index contributed by atoms with van der Waals surface area (Å²) in [6, 6.07) is 3.55. The molecule has 0 heterocycles. The van der Waals surface area contributed by atoms with Gasteiger partial charge in [-0.25, -0.2) is 5.84 Å². The monoisotopic (exact) mass is 194 g/mol. The standard InChI is InChI=1S/C10H14N2O2/c1-6-3-8(5-9(13)12-11)4-7(2)10(6)14/h3-4,14H,5,11H2,1-2H3,(H,12,13). The van der Waals surface area contributed by atoms with Crippen LogP contribution in [-0.2, 0) is 11.2 Å². The molecule has 0 spiro atoms. The van der Waals surface area contributed by atoms with E-state index in [0.717, 1.165) is 16.7 Å². The van der Waals surface area contributed by atoms with Crippen molar-refractivity contribution in [2.45, 2.75) is 20.3 Å². The smallest absolute Gasteiger partial charge is 0.238 e. The maximum Gasteiger partial charge on any atom is 0.238 e. The van der Waals surface area contributed by atoms with Gasteiger partial charge in [0, 0.05) is 0 Å². The lowest BCUT2D eigenvalue weighted by Crippen LogP contribution is -2.31. The van der Waals surface area contributed by atoms with Crippen LogP contribution in [0.2, 0.25) is 0 Å². The molecule has 0 aromatic heterocycles. The van der Waals surface area contributed by atoms with Gasteiger partial charge in [0.05, 0.1) is 6.42 Å². The minimum absolute atomic E-state index is 0.235. The second kappa shape index (κ2) is 4.11. The highest BCUT2D eigenvalue weighted by Crippen LogP contribution is 2.22. The maximum absolute atomic E-state index is 11.0. The van der Waals surface area contributed by atoms with E-state index in [9.17, 15) is 9.90 Å². The van der Waals surface area contributed by atoms with Gasteiger partial charge in [0.25, 0.3) is 0 Å². The van der Waals surface area contributed by atoms with Gasteiger partial charge in [0.15, 0.2) is 0 Å². The van der Waals surface area contributed by atoms with E-state index < -0.39 is 0 Å². The fraction of sp³-hybridized carbons (Fsp3) is 0.300. The van der Waals surface area contributed by atoms with Gasteiger partial charge in [-0.05, 0) is 30.5 Å². The first kappa shape index (κ1) is 10.5.